The number of aliphatic hydroxyl groups is 2. The van der Waals surface area contributed by atoms with E-state index in [-0.39, 0.29) is 13.2 Å². The van der Waals surface area contributed by atoms with Gasteiger partial charge in [-0.1, -0.05) is 24.6 Å². The first-order valence-electron chi connectivity index (χ1n) is 6.08. The summed E-state index contributed by atoms with van der Waals surface area (Å²) in [7, 11) is 0. The molecule has 0 aromatic heterocycles. The van der Waals surface area contributed by atoms with Gasteiger partial charge in [0.2, 0.25) is 0 Å². The van der Waals surface area contributed by atoms with Crippen molar-refractivity contribution in [2.45, 2.75) is 26.0 Å². The largest absolute Gasteiger partial charge is 0.490 e. The minimum Gasteiger partial charge on any atom is -0.490 e. The summed E-state index contributed by atoms with van der Waals surface area (Å²) >= 11 is 6.13. The number of halogens is 1. The minimum absolute atomic E-state index is 0.0532. The average molecular weight is 274 g/mol. The molecule has 0 fully saturated rings. The number of ether oxygens (including phenoxy) is 1. The van der Waals surface area contributed by atoms with Crippen LogP contribution in [0.1, 0.15) is 18.9 Å². The summed E-state index contributed by atoms with van der Waals surface area (Å²) in [5, 5.41) is 21.9. The Labute approximate surface area is 113 Å². The number of hydrogen-bond acceptors (Lipinski definition) is 4. The Bertz CT molecular complexity index is 360. The molecule has 0 aliphatic carbocycles. The van der Waals surface area contributed by atoms with Crippen molar-refractivity contribution in [2.75, 3.05) is 19.8 Å². The van der Waals surface area contributed by atoms with E-state index in [9.17, 15) is 5.11 Å². The summed E-state index contributed by atoms with van der Waals surface area (Å²) in [6.07, 6.45) is 0.171. The second-order valence-electron chi connectivity index (χ2n) is 4.04. The maximum atomic E-state index is 9.27. The third-order valence-electron chi connectivity index (χ3n) is 2.45. The van der Waals surface area contributed by atoms with E-state index in [2.05, 4.69) is 12.2 Å². The van der Waals surface area contributed by atoms with Gasteiger partial charge in [0, 0.05) is 17.1 Å². The Morgan fingerprint density at radius 3 is 2.89 bits per heavy atom. The summed E-state index contributed by atoms with van der Waals surface area (Å²) in [4.78, 5) is 0. The lowest BCUT2D eigenvalue weighted by Gasteiger charge is -2.15. The van der Waals surface area contributed by atoms with Gasteiger partial charge in [-0.15, -0.1) is 0 Å². The fourth-order valence-corrected chi connectivity index (χ4v) is 1.71. The summed E-state index contributed by atoms with van der Waals surface area (Å²) in [5.41, 5.74) is 0.873. The van der Waals surface area contributed by atoms with Gasteiger partial charge in [0.1, 0.15) is 18.5 Å². The van der Waals surface area contributed by atoms with E-state index in [0.29, 0.717) is 17.3 Å². The Kier molecular flexibility index (Phi) is 7.05. The highest BCUT2D eigenvalue weighted by Gasteiger charge is 2.10. The van der Waals surface area contributed by atoms with Crippen LogP contribution in [-0.2, 0) is 6.54 Å². The van der Waals surface area contributed by atoms with Crippen molar-refractivity contribution in [3.8, 4) is 5.75 Å². The van der Waals surface area contributed by atoms with Crippen LogP contribution in [0.3, 0.4) is 0 Å². The van der Waals surface area contributed by atoms with Crippen LogP contribution in [0.4, 0.5) is 0 Å². The zero-order valence-electron chi connectivity index (χ0n) is 10.5. The Morgan fingerprint density at radius 1 is 1.44 bits per heavy atom. The highest BCUT2D eigenvalue weighted by atomic mass is 35.5. The fourth-order valence-electron chi connectivity index (χ4n) is 1.47. The number of aliphatic hydroxyl groups excluding tert-OH is 2. The molecule has 3 N–H and O–H groups in total. The molecule has 5 heteroatoms. The molecule has 102 valence electrons. The van der Waals surface area contributed by atoms with Crippen molar-refractivity contribution in [1.82, 2.24) is 5.32 Å². The number of nitrogens with one attached hydrogen (secondary N) is 1. The van der Waals surface area contributed by atoms with Crippen molar-refractivity contribution in [3.05, 3.63) is 28.8 Å². The van der Waals surface area contributed by atoms with Crippen LogP contribution in [0.5, 0.6) is 5.75 Å². The van der Waals surface area contributed by atoms with E-state index in [1.54, 1.807) is 18.2 Å². The summed E-state index contributed by atoms with van der Waals surface area (Å²) < 4.78 is 5.47. The van der Waals surface area contributed by atoms with Gasteiger partial charge in [-0.2, -0.15) is 0 Å². The summed E-state index contributed by atoms with van der Waals surface area (Å²) in [6.45, 7) is 3.36. The molecule has 1 rings (SSSR count). The third kappa shape index (κ3) is 4.82. The van der Waals surface area contributed by atoms with E-state index >= 15 is 0 Å². The van der Waals surface area contributed by atoms with Gasteiger partial charge >= 0.3 is 0 Å². The summed E-state index contributed by atoms with van der Waals surface area (Å²) in [5.74, 6) is 0.638. The molecular weight excluding hydrogens is 254 g/mol. The molecule has 1 atom stereocenters. The van der Waals surface area contributed by atoms with Crippen LogP contribution in [0, 0.1) is 0 Å². The molecular formula is C13H20ClNO3. The van der Waals surface area contributed by atoms with E-state index in [0.717, 1.165) is 18.5 Å². The first-order chi connectivity index (χ1) is 8.69. The van der Waals surface area contributed by atoms with Crippen LogP contribution in [0.15, 0.2) is 18.2 Å². The zero-order chi connectivity index (χ0) is 13.4. The van der Waals surface area contributed by atoms with Crippen LogP contribution in [0.2, 0.25) is 5.02 Å². The topological polar surface area (TPSA) is 61.7 Å². The molecule has 0 aliphatic rings. The van der Waals surface area contributed by atoms with Gasteiger partial charge < -0.3 is 20.3 Å². The molecule has 0 aliphatic heterocycles. The molecule has 18 heavy (non-hydrogen) atoms. The van der Waals surface area contributed by atoms with Crippen LogP contribution in [0.25, 0.3) is 0 Å². The second-order valence-corrected chi connectivity index (χ2v) is 4.45. The Hall–Kier alpha value is -0.810. The molecule has 0 spiro atoms. The molecule has 0 radical (unpaired) electrons. The van der Waals surface area contributed by atoms with Gasteiger partial charge in [-0.05, 0) is 25.1 Å². The number of rotatable bonds is 8. The zero-order valence-corrected chi connectivity index (χ0v) is 11.3. The van der Waals surface area contributed by atoms with Gasteiger partial charge in [-0.25, -0.2) is 0 Å². The number of benzene rings is 1. The van der Waals surface area contributed by atoms with Gasteiger partial charge in [0.05, 0.1) is 6.61 Å². The fraction of sp³-hybridized carbons (Fsp3) is 0.538. The molecule has 0 saturated carbocycles. The molecule has 1 aromatic carbocycles. The van der Waals surface area contributed by atoms with Crippen molar-refractivity contribution in [1.29, 1.82) is 0 Å². The highest BCUT2D eigenvalue weighted by molar-refractivity contribution is 6.31. The smallest absolute Gasteiger partial charge is 0.125 e. The maximum Gasteiger partial charge on any atom is 0.125 e. The normalized spacial score (nSPS) is 12.4. The standard InChI is InChI=1S/C13H20ClNO3/c1-2-6-15-7-11-12(14)4-3-5-13(11)18-9-10(17)8-16/h3-5,10,15-17H,2,6-9H2,1H3. The number of hydrogen-bond donors (Lipinski definition) is 3. The average Bonchev–Trinajstić information content (AvgIpc) is 2.38. The van der Waals surface area contributed by atoms with Crippen molar-refractivity contribution >= 4 is 11.6 Å². The lowest BCUT2D eigenvalue weighted by Crippen LogP contribution is -2.22. The van der Waals surface area contributed by atoms with Crippen molar-refractivity contribution < 1.29 is 14.9 Å². The van der Waals surface area contributed by atoms with E-state index in [1.165, 1.54) is 0 Å². The highest BCUT2D eigenvalue weighted by Crippen LogP contribution is 2.26. The molecule has 1 aromatic rings. The first-order valence-corrected chi connectivity index (χ1v) is 6.46. The predicted molar refractivity (Wildman–Crippen MR) is 72.0 cm³/mol. The minimum atomic E-state index is -0.875. The molecule has 1 unspecified atom stereocenters. The Balaban J connectivity index is 2.67. The summed E-state index contributed by atoms with van der Waals surface area (Å²) in [6, 6.07) is 5.41. The monoisotopic (exact) mass is 273 g/mol. The van der Waals surface area contributed by atoms with Crippen molar-refractivity contribution in [2.24, 2.45) is 0 Å². The lowest BCUT2D eigenvalue weighted by molar-refractivity contribution is 0.0533. The van der Waals surface area contributed by atoms with Crippen molar-refractivity contribution in [3.63, 3.8) is 0 Å². The molecule has 4 nitrogen and oxygen atoms in total. The SMILES string of the molecule is CCCNCc1c(Cl)cccc1OCC(O)CO. The molecule has 0 heterocycles. The third-order valence-corrected chi connectivity index (χ3v) is 2.80. The van der Waals surface area contributed by atoms with Crippen LogP contribution in [-0.4, -0.2) is 36.1 Å². The molecule has 0 saturated heterocycles. The van der Waals surface area contributed by atoms with Crippen LogP contribution < -0.4 is 10.1 Å². The predicted octanol–water partition coefficient (Wildman–Crippen LogP) is 1.57. The van der Waals surface area contributed by atoms with E-state index in [4.69, 9.17) is 21.4 Å². The Morgan fingerprint density at radius 2 is 2.22 bits per heavy atom. The van der Waals surface area contributed by atoms with E-state index < -0.39 is 6.10 Å². The second kappa shape index (κ2) is 8.32. The maximum absolute atomic E-state index is 9.27. The van der Waals surface area contributed by atoms with E-state index in [1.807, 2.05) is 0 Å². The van der Waals surface area contributed by atoms with Gasteiger partial charge in [0.25, 0.3) is 0 Å². The molecule has 0 amide bonds. The molecule has 0 bridgehead atoms. The lowest BCUT2D eigenvalue weighted by atomic mass is 10.2. The van der Waals surface area contributed by atoms with Crippen LogP contribution >= 0.6 is 11.6 Å². The quantitative estimate of drug-likeness (QED) is 0.629. The first kappa shape index (κ1) is 15.2. The van der Waals surface area contributed by atoms with Gasteiger partial charge in [-0.3, -0.25) is 0 Å². The van der Waals surface area contributed by atoms with Gasteiger partial charge in [0.15, 0.2) is 0 Å².